The Bertz CT molecular complexity index is 1450. The van der Waals surface area contributed by atoms with Crippen LogP contribution in [0.25, 0.3) is 39.1 Å². The fourth-order valence-electron chi connectivity index (χ4n) is 4.37. The molecule has 1 aliphatic rings. The number of nitrogens with zero attached hydrogens (tertiary/aromatic N) is 5. The van der Waals surface area contributed by atoms with Gasteiger partial charge in [0.15, 0.2) is 0 Å². The molecule has 6 rings (SSSR count). The topological polar surface area (TPSA) is 84.3 Å². The summed E-state index contributed by atoms with van der Waals surface area (Å²) < 4.78 is 16.0. The maximum absolute atomic E-state index is 14.2. The molecule has 0 spiro atoms. The van der Waals surface area contributed by atoms with E-state index in [2.05, 4.69) is 55.9 Å². The monoisotopic (exact) mass is 425 g/mol. The number of hydrogen-bond donors (Lipinski definition) is 2. The van der Waals surface area contributed by atoms with Crippen molar-refractivity contribution in [1.82, 2.24) is 35.5 Å². The summed E-state index contributed by atoms with van der Waals surface area (Å²) in [4.78, 5) is 3.76. The lowest BCUT2D eigenvalue weighted by Gasteiger charge is -2.24. The molecule has 3 aromatic heterocycles. The molecule has 8 heteroatoms. The van der Waals surface area contributed by atoms with E-state index in [9.17, 15) is 4.39 Å². The zero-order valence-electron chi connectivity index (χ0n) is 17.4. The number of pyridine rings is 1. The Kier molecular flexibility index (Phi) is 4.32. The summed E-state index contributed by atoms with van der Waals surface area (Å²) in [6, 6.07) is 15.8. The molecule has 0 saturated heterocycles. The molecule has 2 aromatic carbocycles. The molecule has 0 saturated carbocycles. The first-order valence-electron chi connectivity index (χ1n) is 10.6. The van der Waals surface area contributed by atoms with Gasteiger partial charge in [-0.1, -0.05) is 17.3 Å². The van der Waals surface area contributed by atoms with Crippen LogP contribution in [-0.2, 0) is 6.42 Å². The van der Waals surface area contributed by atoms with Gasteiger partial charge in [-0.05, 0) is 73.0 Å². The minimum Gasteiger partial charge on any atom is -0.310 e. The fourth-order valence-corrected chi connectivity index (χ4v) is 4.37. The zero-order valence-corrected chi connectivity index (χ0v) is 17.4. The van der Waals surface area contributed by atoms with Gasteiger partial charge < -0.3 is 5.32 Å². The number of H-pyrrole nitrogens is 1. The minimum atomic E-state index is -0.501. The Balaban J connectivity index is 1.40. The number of halogens is 1. The Morgan fingerprint density at radius 3 is 2.97 bits per heavy atom. The van der Waals surface area contributed by atoms with Crippen molar-refractivity contribution in [2.75, 3.05) is 6.54 Å². The summed E-state index contributed by atoms with van der Waals surface area (Å²) in [5, 5.41) is 20.5. The number of hydrogen-bond acceptors (Lipinski definition) is 5. The van der Waals surface area contributed by atoms with Crippen molar-refractivity contribution in [2.24, 2.45) is 0 Å². The van der Waals surface area contributed by atoms with E-state index in [1.807, 2.05) is 24.4 Å². The van der Waals surface area contributed by atoms with Crippen LogP contribution >= 0.6 is 0 Å². The Morgan fingerprint density at radius 2 is 2.06 bits per heavy atom. The van der Waals surface area contributed by atoms with Crippen molar-refractivity contribution >= 4 is 10.9 Å². The predicted molar refractivity (Wildman–Crippen MR) is 120 cm³/mol. The van der Waals surface area contributed by atoms with E-state index in [0.717, 1.165) is 35.1 Å². The van der Waals surface area contributed by atoms with E-state index in [4.69, 9.17) is 0 Å². The summed E-state index contributed by atoms with van der Waals surface area (Å²) in [7, 11) is 0. The number of rotatable bonds is 3. The van der Waals surface area contributed by atoms with Gasteiger partial charge >= 0.3 is 0 Å². The molecule has 0 fully saturated rings. The second-order valence-electron chi connectivity index (χ2n) is 8.03. The average Bonchev–Trinajstić information content (AvgIpc) is 3.46. The van der Waals surface area contributed by atoms with Gasteiger partial charge in [0, 0.05) is 23.2 Å². The molecule has 1 aliphatic heterocycles. The second kappa shape index (κ2) is 7.35. The Hall–Kier alpha value is -3.91. The van der Waals surface area contributed by atoms with E-state index in [-0.39, 0.29) is 0 Å². The Morgan fingerprint density at radius 1 is 1.12 bits per heavy atom. The summed E-state index contributed by atoms with van der Waals surface area (Å²) >= 11 is 0. The first-order chi connectivity index (χ1) is 15.7. The van der Waals surface area contributed by atoms with E-state index in [1.165, 1.54) is 17.3 Å². The van der Waals surface area contributed by atoms with Gasteiger partial charge in [0.25, 0.3) is 0 Å². The highest BCUT2D eigenvalue weighted by Crippen LogP contribution is 2.31. The Labute approximate surface area is 183 Å². The normalized spacial score (nSPS) is 15.8. The van der Waals surface area contributed by atoms with Crippen molar-refractivity contribution in [3.8, 4) is 28.2 Å². The molecule has 0 aliphatic carbocycles. The highest BCUT2D eigenvalue weighted by molar-refractivity contribution is 5.94. The highest BCUT2D eigenvalue weighted by Gasteiger charge is 2.18. The molecule has 4 heterocycles. The summed E-state index contributed by atoms with van der Waals surface area (Å²) in [6.07, 6.45) is 4.34. The van der Waals surface area contributed by atoms with Gasteiger partial charge in [-0.2, -0.15) is 9.49 Å². The van der Waals surface area contributed by atoms with Gasteiger partial charge in [-0.15, -0.1) is 5.10 Å². The van der Waals surface area contributed by atoms with Gasteiger partial charge in [0.2, 0.25) is 5.95 Å². The third-order valence-electron chi connectivity index (χ3n) is 6.07. The SMILES string of the molecule is CC1NCCc2ccc(-n3cc(-c4n[nH]c5ccc(-c6cccnc6F)cc45)nn3)cc21. The van der Waals surface area contributed by atoms with E-state index >= 15 is 0 Å². The van der Waals surface area contributed by atoms with Crippen LogP contribution in [0.2, 0.25) is 0 Å². The minimum absolute atomic E-state index is 0.309. The number of aromatic amines is 1. The molecule has 0 amide bonds. The summed E-state index contributed by atoms with van der Waals surface area (Å²) in [5.41, 5.74) is 6.95. The van der Waals surface area contributed by atoms with Crippen LogP contribution < -0.4 is 5.32 Å². The van der Waals surface area contributed by atoms with Crippen LogP contribution in [0, 0.1) is 5.95 Å². The van der Waals surface area contributed by atoms with Crippen LogP contribution in [0.3, 0.4) is 0 Å². The lowest BCUT2D eigenvalue weighted by molar-refractivity contribution is 0.540. The van der Waals surface area contributed by atoms with E-state index in [0.29, 0.717) is 23.0 Å². The van der Waals surface area contributed by atoms with Crippen LogP contribution in [0.5, 0.6) is 0 Å². The maximum atomic E-state index is 14.2. The molecule has 7 nitrogen and oxygen atoms in total. The molecular formula is C24H20FN7. The smallest absolute Gasteiger partial charge is 0.220 e. The lowest BCUT2D eigenvalue weighted by atomic mass is 9.95. The van der Waals surface area contributed by atoms with Crippen molar-refractivity contribution in [1.29, 1.82) is 0 Å². The van der Waals surface area contributed by atoms with Crippen molar-refractivity contribution in [3.05, 3.63) is 78.0 Å². The molecule has 158 valence electrons. The fraction of sp³-hybridized carbons (Fsp3) is 0.167. The van der Waals surface area contributed by atoms with Gasteiger partial charge in [0.05, 0.1) is 17.4 Å². The third-order valence-corrected chi connectivity index (χ3v) is 6.07. The summed E-state index contributed by atoms with van der Waals surface area (Å²) in [5.74, 6) is -0.501. The van der Waals surface area contributed by atoms with Crippen molar-refractivity contribution in [2.45, 2.75) is 19.4 Å². The maximum Gasteiger partial charge on any atom is 0.220 e. The third kappa shape index (κ3) is 3.07. The average molecular weight is 425 g/mol. The first kappa shape index (κ1) is 18.8. The molecule has 0 bridgehead atoms. The zero-order chi connectivity index (χ0) is 21.7. The van der Waals surface area contributed by atoms with E-state index < -0.39 is 5.95 Å². The quantitative estimate of drug-likeness (QED) is 0.423. The van der Waals surface area contributed by atoms with Gasteiger partial charge in [0.1, 0.15) is 11.4 Å². The van der Waals surface area contributed by atoms with Crippen LogP contribution in [-0.4, -0.2) is 36.7 Å². The molecule has 5 aromatic rings. The predicted octanol–water partition coefficient (Wildman–Crippen LogP) is 4.22. The lowest BCUT2D eigenvalue weighted by Crippen LogP contribution is -2.27. The molecule has 0 radical (unpaired) electrons. The summed E-state index contributed by atoms with van der Waals surface area (Å²) in [6.45, 7) is 3.17. The van der Waals surface area contributed by atoms with Crippen molar-refractivity contribution in [3.63, 3.8) is 0 Å². The molecule has 1 unspecified atom stereocenters. The number of aromatic nitrogens is 6. The molecule has 2 N–H and O–H groups in total. The molecule has 1 atom stereocenters. The molecular weight excluding hydrogens is 405 g/mol. The first-order valence-corrected chi connectivity index (χ1v) is 10.6. The largest absolute Gasteiger partial charge is 0.310 e. The standard InChI is InChI=1S/C24H20FN7/c1-14-19-12-17(6-4-15(19)8-10-26-14)32-13-22(29-31-32)23-20-11-16(5-7-21(20)28-30-23)18-3-2-9-27-24(18)25/h2-7,9,11-14,26H,8,10H2,1H3,(H,28,30). The molecule has 32 heavy (non-hydrogen) atoms. The van der Waals surface area contributed by atoms with Gasteiger partial charge in [-0.3, -0.25) is 5.10 Å². The second-order valence-corrected chi connectivity index (χ2v) is 8.03. The van der Waals surface area contributed by atoms with E-state index in [1.54, 1.807) is 16.8 Å². The van der Waals surface area contributed by atoms with Gasteiger partial charge in [-0.25, -0.2) is 9.67 Å². The van der Waals surface area contributed by atoms with Crippen LogP contribution in [0.15, 0.2) is 60.9 Å². The van der Waals surface area contributed by atoms with Crippen LogP contribution in [0.1, 0.15) is 24.1 Å². The number of nitrogens with one attached hydrogen (secondary N) is 2. The number of fused-ring (bicyclic) bond motifs is 2. The van der Waals surface area contributed by atoms with Crippen LogP contribution in [0.4, 0.5) is 4.39 Å². The highest BCUT2D eigenvalue weighted by atomic mass is 19.1. The van der Waals surface area contributed by atoms with Crippen molar-refractivity contribution < 1.29 is 4.39 Å². The number of benzene rings is 2.